The Morgan fingerprint density at radius 3 is 2.92 bits per heavy atom. The summed E-state index contributed by atoms with van der Waals surface area (Å²) in [6, 6.07) is 1.99. The fraction of sp³-hybridized carbons (Fsp3) is 0.438. The van der Waals surface area contributed by atoms with Crippen molar-refractivity contribution in [2.75, 3.05) is 13.1 Å². The highest BCUT2D eigenvalue weighted by Crippen LogP contribution is 2.26. The van der Waals surface area contributed by atoms with Gasteiger partial charge in [-0.1, -0.05) is 5.16 Å². The van der Waals surface area contributed by atoms with Gasteiger partial charge in [0.05, 0.1) is 12.1 Å². The van der Waals surface area contributed by atoms with E-state index >= 15 is 0 Å². The Hall–Kier alpha value is -2.61. The van der Waals surface area contributed by atoms with E-state index in [-0.39, 0.29) is 0 Å². The van der Waals surface area contributed by atoms with E-state index in [1.165, 1.54) is 0 Å². The third-order valence-electron chi connectivity index (χ3n) is 4.36. The molecule has 8 nitrogen and oxygen atoms in total. The number of aryl methyl sites for hydroxylation is 1. The molecule has 0 amide bonds. The smallest absolute Gasteiger partial charge is 0.259 e. The first-order valence-corrected chi connectivity index (χ1v) is 8.10. The molecule has 24 heavy (non-hydrogen) atoms. The summed E-state index contributed by atoms with van der Waals surface area (Å²) in [7, 11) is 0. The van der Waals surface area contributed by atoms with E-state index in [4.69, 9.17) is 4.52 Å². The lowest BCUT2D eigenvalue weighted by atomic mass is 9.96. The fourth-order valence-corrected chi connectivity index (χ4v) is 3.08. The van der Waals surface area contributed by atoms with Crippen molar-refractivity contribution in [3.8, 4) is 11.5 Å². The van der Waals surface area contributed by atoms with Gasteiger partial charge >= 0.3 is 0 Å². The van der Waals surface area contributed by atoms with Crippen molar-refractivity contribution in [2.24, 2.45) is 0 Å². The first-order valence-electron chi connectivity index (χ1n) is 8.10. The fourth-order valence-electron chi connectivity index (χ4n) is 3.08. The number of hydrogen-bond donors (Lipinski definition) is 1. The van der Waals surface area contributed by atoms with Crippen LogP contribution in [0.3, 0.4) is 0 Å². The third-order valence-corrected chi connectivity index (χ3v) is 4.36. The molecule has 1 aliphatic heterocycles. The minimum absolute atomic E-state index is 0.461. The molecule has 0 aliphatic carbocycles. The molecule has 3 aromatic rings. The molecule has 8 heteroatoms. The maximum absolute atomic E-state index is 5.38. The third kappa shape index (κ3) is 3.18. The predicted octanol–water partition coefficient (Wildman–Crippen LogP) is 1.94. The van der Waals surface area contributed by atoms with Crippen LogP contribution in [0.2, 0.25) is 0 Å². The van der Waals surface area contributed by atoms with Crippen LogP contribution in [0, 0.1) is 6.92 Å². The molecule has 0 radical (unpaired) electrons. The summed E-state index contributed by atoms with van der Waals surface area (Å²) in [5.41, 5.74) is 1.93. The molecule has 0 bridgehead atoms. The van der Waals surface area contributed by atoms with Crippen LogP contribution in [0.25, 0.3) is 11.5 Å². The van der Waals surface area contributed by atoms with E-state index < -0.39 is 0 Å². The molecule has 0 unspecified atom stereocenters. The monoisotopic (exact) mass is 325 g/mol. The largest absolute Gasteiger partial charge is 0.334 e. The van der Waals surface area contributed by atoms with Crippen LogP contribution in [-0.2, 0) is 6.54 Å². The van der Waals surface area contributed by atoms with Crippen LogP contribution in [0.5, 0.6) is 0 Å². The zero-order valence-corrected chi connectivity index (χ0v) is 13.5. The highest BCUT2D eigenvalue weighted by Gasteiger charge is 2.23. The molecule has 4 heterocycles. The van der Waals surface area contributed by atoms with Gasteiger partial charge < -0.3 is 4.52 Å². The molecule has 0 aromatic carbocycles. The van der Waals surface area contributed by atoms with Gasteiger partial charge in [-0.05, 0) is 44.5 Å². The molecule has 124 valence electrons. The van der Waals surface area contributed by atoms with Crippen LogP contribution in [0.15, 0.2) is 29.3 Å². The Morgan fingerprint density at radius 2 is 2.17 bits per heavy atom. The highest BCUT2D eigenvalue weighted by atomic mass is 16.5. The lowest BCUT2D eigenvalue weighted by Gasteiger charge is -2.29. The number of nitrogens with one attached hydrogen (secondary N) is 1. The second kappa shape index (κ2) is 6.48. The number of aromatic nitrogens is 6. The van der Waals surface area contributed by atoms with Crippen molar-refractivity contribution in [3.05, 3.63) is 42.0 Å². The molecule has 3 aromatic heterocycles. The maximum atomic E-state index is 5.38. The number of pyridine rings is 1. The molecule has 1 N–H and O–H groups in total. The molecule has 1 aliphatic rings. The molecule has 1 saturated heterocycles. The Bertz CT molecular complexity index is 790. The highest BCUT2D eigenvalue weighted by molar-refractivity contribution is 5.51. The van der Waals surface area contributed by atoms with Gasteiger partial charge in [0.15, 0.2) is 5.82 Å². The summed E-state index contributed by atoms with van der Waals surface area (Å²) < 4.78 is 5.38. The van der Waals surface area contributed by atoms with E-state index in [0.717, 1.165) is 42.9 Å². The number of rotatable bonds is 4. The number of hydrogen-bond acceptors (Lipinski definition) is 7. The van der Waals surface area contributed by atoms with Crippen molar-refractivity contribution < 1.29 is 4.52 Å². The van der Waals surface area contributed by atoms with Crippen molar-refractivity contribution in [1.29, 1.82) is 0 Å². The van der Waals surface area contributed by atoms with Gasteiger partial charge in [-0.2, -0.15) is 10.1 Å². The average Bonchev–Trinajstić information content (AvgIpc) is 3.27. The van der Waals surface area contributed by atoms with Crippen molar-refractivity contribution in [3.63, 3.8) is 0 Å². The van der Waals surface area contributed by atoms with Gasteiger partial charge in [-0.15, -0.1) is 0 Å². The number of H-pyrrole nitrogens is 1. The van der Waals surface area contributed by atoms with Crippen LogP contribution >= 0.6 is 0 Å². The van der Waals surface area contributed by atoms with E-state index in [1.807, 2.05) is 13.0 Å². The first kappa shape index (κ1) is 14.9. The number of aromatic amines is 1. The minimum atomic E-state index is 0.461. The normalized spacial score (nSPS) is 16.5. The molecule has 4 rings (SSSR count). The Balaban J connectivity index is 1.37. The molecular weight excluding hydrogens is 306 g/mol. The van der Waals surface area contributed by atoms with Gasteiger partial charge in [-0.3, -0.25) is 15.0 Å². The molecule has 0 atom stereocenters. The average molecular weight is 325 g/mol. The van der Waals surface area contributed by atoms with Crippen LogP contribution < -0.4 is 0 Å². The van der Waals surface area contributed by atoms with E-state index in [1.54, 1.807) is 18.7 Å². The summed E-state index contributed by atoms with van der Waals surface area (Å²) in [6.45, 7) is 4.67. The Labute approximate surface area is 139 Å². The number of likely N-dealkylation sites (tertiary alicyclic amines) is 1. The lowest BCUT2D eigenvalue weighted by Crippen LogP contribution is -2.33. The van der Waals surface area contributed by atoms with Crippen molar-refractivity contribution in [1.82, 2.24) is 35.2 Å². The second-order valence-corrected chi connectivity index (χ2v) is 6.19. The standard InChI is InChI=1S/C16H19N7O/c1-11-6-13(8-17-7-11)16-20-14(22-24-16)9-23-4-2-12(3-5-23)15-18-10-19-21-15/h6-8,10,12H,2-5,9H2,1H3,(H,18,19,21). The van der Waals surface area contributed by atoms with Gasteiger partial charge in [0.1, 0.15) is 12.2 Å². The SMILES string of the molecule is Cc1cncc(-c2nc(CN3CCC(c4ncn[nH]4)CC3)no2)c1. The summed E-state index contributed by atoms with van der Waals surface area (Å²) in [5.74, 6) is 2.69. The molecule has 0 saturated carbocycles. The van der Waals surface area contributed by atoms with Crippen LogP contribution in [0.1, 0.15) is 36.0 Å². The predicted molar refractivity (Wildman–Crippen MR) is 85.9 cm³/mol. The van der Waals surface area contributed by atoms with Crippen LogP contribution in [0.4, 0.5) is 0 Å². The second-order valence-electron chi connectivity index (χ2n) is 6.19. The summed E-state index contributed by atoms with van der Waals surface area (Å²) in [4.78, 5) is 15.3. The van der Waals surface area contributed by atoms with Crippen molar-refractivity contribution in [2.45, 2.75) is 32.2 Å². The first-order chi connectivity index (χ1) is 11.8. The lowest BCUT2D eigenvalue weighted by molar-refractivity contribution is 0.195. The van der Waals surface area contributed by atoms with Gasteiger partial charge in [0.25, 0.3) is 5.89 Å². The minimum Gasteiger partial charge on any atom is -0.334 e. The molecule has 1 fully saturated rings. The van der Waals surface area contributed by atoms with Gasteiger partial charge in [0, 0.05) is 18.3 Å². The van der Waals surface area contributed by atoms with E-state index in [2.05, 4.69) is 35.2 Å². The summed E-state index contributed by atoms with van der Waals surface area (Å²) in [5, 5.41) is 11.0. The molecule has 0 spiro atoms. The zero-order chi connectivity index (χ0) is 16.4. The maximum Gasteiger partial charge on any atom is 0.259 e. The number of piperidine rings is 1. The Morgan fingerprint density at radius 1 is 1.29 bits per heavy atom. The Kier molecular flexibility index (Phi) is 4.04. The topological polar surface area (TPSA) is 96.6 Å². The van der Waals surface area contributed by atoms with Gasteiger partial charge in [-0.25, -0.2) is 4.98 Å². The molecular formula is C16H19N7O. The summed E-state index contributed by atoms with van der Waals surface area (Å²) >= 11 is 0. The van der Waals surface area contributed by atoms with Crippen LogP contribution in [-0.4, -0.2) is 48.3 Å². The number of nitrogens with zero attached hydrogens (tertiary/aromatic N) is 6. The quantitative estimate of drug-likeness (QED) is 0.783. The van der Waals surface area contributed by atoms with Gasteiger partial charge in [0.2, 0.25) is 0 Å². The van der Waals surface area contributed by atoms with E-state index in [9.17, 15) is 0 Å². The van der Waals surface area contributed by atoms with E-state index in [0.29, 0.717) is 24.2 Å². The zero-order valence-electron chi connectivity index (χ0n) is 13.5. The van der Waals surface area contributed by atoms with Crippen molar-refractivity contribution >= 4 is 0 Å². The summed E-state index contributed by atoms with van der Waals surface area (Å²) in [6.07, 6.45) is 7.23.